The van der Waals surface area contributed by atoms with Gasteiger partial charge in [0.15, 0.2) is 0 Å². The summed E-state index contributed by atoms with van der Waals surface area (Å²) < 4.78 is 0. The van der Waals surface area contributed by atoms with Crippen LogP contribution in [0.4, 0.5) is 0 Å². The second-order valence-electron chi connectivity index (χ2n) is 4.53. The van der Waals surface area contributed by atoms with E-state index in [4.69, 9.17) is 0 Å². The van der Waals surface area contributed by atoms with Crippen molar-refractivity contribution in [2.24, 2.45) is 0 Å². The molecule has 1 saturated carbocycles. The predicted molar refractivity (Wildman–Crippen MR) is 62.7 cm³/mol. The van der Waals surface area contributed by atoms with Crippen LogP contribution in [0.3, 0.4) is 0 Å². The molecule has 1 aliphatic rings. The van der Waals surface area contributed by atoms with Gasteiger partial charge in [0.05, 0.1) is 11.2 Å². The Morgan fingerprint density at radius 1 is 1.24 bits per heavy atom. The van der Waals surface area contributed by atoms with E-state index in [0.29, 0.717) is 18.5 Å². The molecule has 0 unspecified atom stereocenters. The second kappa shape index (κ2) is 3.52. The van der Waals surface area contributed by atoms with Gasteiger partial charge in [-0.25, -0.2) is 0 Å². The number of carboxylic acid groups (broad SMARTS) is 1. The van der Waals surface area contributed by atoms with E-state index in [2.05, 4.69) is 10.2 Å². The van der Waals surface area contributed by atoms with E-state index in [0.717, 1.165) is 17.3 Å². The standard InChI is InChI=1S/C13H12N2O2/c16-12(17)13(6-3-7-13)11-8-9-4-1-2-5-10(9)14-15-11/h1-2,4-5,8H,3,6-7H2,(H,16,17). The van der Waals surface area contributed by atoms with Crippen molar-refractivity contribution < 1.29 is 9.90 Å². The Morgan fingerprint density at radius 3 is 2.65 bits per heavy atom. The number of aliphatic carboxylic acids is 1. The Labute approximate surface area is 98.3 Å². The number of rotatable bonds is 2. The topological polar surface area (TPSA) is 63.1 Å². The Balaban J connectivity index is 2.14. The summed E-state index contributed by atoms with van der Waals surface area (Å²) in [6.07, 6.45) is 2.27. The number of hydrogen-bond acceptors (Lipinski definition) is 3. The third kappa shape index (κ3) is 1.40. The van der Waals surface area contributed by atoms with Gasteiger partial charge in [-0.3, -0.25) is 4.79 Å². The van der Waals surface area contributed by atoms with Gasteiger partial charge in [0.25, 0.3) is 0 Å². The predicted octanol–water partition coefficient (Wildman–Crippen LogP) is 2.14. The van der Waals surface area contributed by atoms with Crippen LogP contribution in [0.15, 0.2) is 30.3 Å². The second-order valence-corrected chi connectivity index (χ2v) is 4.53. The van der Waals surface area contributed by atoms with Crippen molar-refractivity contribution in [2.75, 3.05) is 0 Å². The van der Waals surface area contributed by atoms with Gasteiger partial charge in [-0.05, 0) is 25.0 Å². The number of fused-ring (bicyclic) bond motifs is 1. The molecular formula is C13H12N2O2. The van der Waals surface area contributed by atoms with Gasteiger partial charge in [-0.1, -0.05) is 24.6 Å². The average Bonchev–Trinajstić information content (AvgIpc) is 2.27. The van der Waals surface area contributed by atoms with Crippen molar-refractivity contribution in [3.8, 4) is 0 Å². The molecule has 0 atom stereocenters. The minimum atomic E-state index is -0.795. The maximum Gasteiger partial charge on any atom is 0.315 e. The third-order valence-corrected chi connectivity index (χ3v) is 3.60. The van der Waals surface area contributed by atoms with Crippen LogP contribution in [0, 0.1) is 0 Å². The third-order valence-electron chi connectivity index (χ3n) is 3.60. The molecule has 4 heteroatoms. The van der Waals surface area contributed by atoms with Crippen LogP contribution in [0.25, 0.3) is 10.9 Å². The quantitative estimate of drug-likeness (QED) is 0.855. The number of nitrogens with zero attached hydrogens (tertiary/aromatic N) is 2. The summed E-state index contributed by atoms with van der Waals surface area (Å²) in [6, 6.07) is 9.48. The molecule has 3 rings (SSSR count). The van der Waals surface area contributed by atoms with Crippen LogP contribution in [0.2, 0.25) is 0 Å². The first kappa shape index (κ1) is 10.2. The molecule has 1 aromatic carbocycles. The van der Waals surface area contributed by atoms with Crippen LogP contribution in [-0.4, -0.2) is 21.3 Å². The van der Waals surface area contributed by atoms with Gasteiger partial charge >= 0.3 is 5.97 Å². The van der Waals surface area contributed by atoms with E-state index in [9.17, 15) is 9.90 Å². The number of hydrogen-bond donors (Lipinski definition) is 1. The molecule has 86 valence electrons. The van der Waals surface area contributed by atoms with Crippen LogP contribution < -0.4 is 0 Å². The van der Waals surface area contributed by atoms with Crippen molar-refractivity contribution in [3.05, 3.63) is 36.0 Å². The van der Waals surface area contributed by atoms with Crippen LogP contribution in [0.1, 0.15) is 25.0 Å². The lowest BCUT2D eigenvalue weighted by Crippen LogP contribution is -2.43. The van der Waals surface area contributed by atoms with Gasteiger partial charge in [0.1, 0.15) is 5.41 Å². The zero-order valence-corrected chi connectivity index (χ0v) is 9.26. The lowest BCUT2D eigenvalue weighted by Gasteiger charge is -2.36. The normalized spacial score (nSPS) is 17.6. The highest BCUT2D eigenvalue weighted by Crippen LogP contribution is 2.43. The molecule has 1 aliphatic carbocycles. The Morgan fingerprint density at radius 2 is 2.00 bits per heavy atom. The molecule has 1 heterocycles. The van der Waals surface area contributed by atoms with Crippen molar-refractivity contribution in [1.29, 1.82) is 0 Å². The highest BCUT2D eigenvalue weighted by atomic mass is 16.4. The lowest BCUT2D eigenvalue weighted by molar-refractivity contribution is -0.147. The fourth-order valence-corrected chi connectivity index (χ4v) is 2.33. The van der Waals surface area contributed by atoms with Crippen LogP contribution in [0.5, 0.6) is 0 Å². The largest absolute Gasteiger partial charge is 0.481 e. The highest BCUT2D eigenvalue weighted by molar-refractivity contribution is 5.84. The molecule has 1 aromatic heterocycles. The van der Waals surface area contributed by atoms with Gasteiger partial charge in [0.2, 0.25) is 0 Å². The summed E-state index contributed by atoms with van der Waals surface area (Å²) in [5.74, 6) is -0.784. The Bertz CT molecular complexity index is 591. The summed E-state index contributed by atoms with van der Waals surface area (Å²) >= 11 is 0. The summed E-state index contributed by atoms with van der Waals surface area (Å²) in [5, 5.41) is 18.5. The Hall–Kier alpha value is -1.97. The van der Waals surface area contributed by atoms with Crippen molar-refractivity contribution in [3.63, 3.8) is 0 Å². The van der Waals surface area contributed by atoms with E-state index >= 15 is 0 Å². The Kier molecular flexibility index (Phi) is 2.11. The first-order valence-corrected chi connectivity index (χ1v) is 5.69. The summed E-state index contributed by atoms with van der Waals surface area (Å²) in [7, 11) is 0. The van der Waals surface area contributed by atoms with Crippen molar-refractivity contribution in [2.45, 2.75) is 24.7 Å². The van der Waals surface area contributed by atoms with Crippen molar-refractivity contribution in [1.82, 2.24) is 10.2 Å². The molecule has 17 heavy (non-hydrogen) atoms. The minimum Gasteiger partial charge on any atom is -0.481 e. The molecule has 0 saturated heterocycles. The molecule has 4 nitrogen and oxygen atoms in total. The highest BCUT2D eigenvalue weighted by Gasteiger charge is 2.47. The number of carbonyl (C=O) groups is 1. The molecule has 0 aliphatic heterocycles. The van der Waals surface area contributed by atoms with E-state index in [1.165, 1.54) is 0 Å². The molecule has 1 fully saturated rings. The average molecular weight is 228 g/mol. The van der Waals surface area contributed by atoms with E-state index in [1.807, 2.05) is 30.3 Å². The summed E-state index contributed by atoms with van der Waals surface area (Å²) in [5.41, 5.74) is 0.600. The van der Waals surface area contributed by atoms with E-state index in [1.54, 1.807) is 0 Å². The zero-order valence-electron chi connectivity index (χ0n) is 9.26. The molecular weight excluding hydrogens is 216 g/mol. The first-order valence-electron chi connectivity index (χ1n) is 5.69. The fraction of sp³-hybridized carbons (Fsp3) is 0.308. The smallest absolute Gasteiger partial charge is 0.315 e. The van der Waals surface area contributed by atoms with Crippen LogP contribution >= 0.6 is 0 Å². The van der Waals surface area contributed by atoms with Crippen molar-refractivity contribution >= 4 is 16.9 Å². The van der Waals surface area contributed by atoms with Gasteiger partial charge in [-0.2, -0.15) is 10.2 Å². The maximum atomic E-state index is 11.4. The summed E-state index contributed by atoms with van der Waals surface area (Å²) in [4.78, 5) is 11.4. The molecule has 0 radical (unpaired) electrons. The molecule has 0 bridgehead atoms. The molecule has 2 aromatic rings. The van der Waals surface area contributed by atoms with E-state index in [-0.39, 0.29) is 0 Å². The van der Waals surface area contributed by atoms with Crippen LogP contribution in [-0.2, 0) is 10.2 Å². The molecule has 0 amide bonds. The first-order chi connectivity index (χ1) is 8.22. The lowest BCUT2D eigenvalue weighted by atomic mass is 9.66. The maximum absolute atomic E-state index is 11.4. The van der Waals surface area contributed by atoms with Gasteiger partial charge in [-0.15, -0.1) is 0 Å². The number of benzene rings is 1. The fourth-order valence-electron chi connectivity index (χ4n) is 2.33. The molecule has 0 spiro atoms. The van der Waals surface area contributed by atoms with E-state index < -0.39 is 11.4 Å². The van der Waals surface area contributed by atoms with Gasteiger partial charge < -0.3 is 5.11 Å². The number of aromatic nitrogens is 2. The SMILES string of the molecule is O=C(O)C1(c2cc3ccccc3nn2)CCC1. The number of carboxylic acids is 1. The monoisotopic (exact) mass is 228 g/mol. The minimum absolute atomic E-state index is 0.593. The summed E-state index contributed by atoms with van der Waals surface area (Å²) in [6.45, 7) is 0. The zero-order chi connectivity index (χ0) is 11.9. The van der Waals surface area contributed by atoms with Gasteiger partial charge in [0, 0.05) is 5.39 Å². The molecule has 1 N–H and O–H groups in total.